The number of hydrogen-bond donors (Lipinski definition) is 0. The normalized spacial score (nSPS) is 47.3. The van der Waals surface area contributed by atoms with Crippen LogP contribution in [-0.4, -0.2) is 31.2 Å². The number of hydrogen-bond acceptors (Lipinski definition) is 3. The summed E-state index contributed by atoms with van der Waals surface area (Å²) in [7, 11) is 0. The van der Waals surface area contributed by atoms with Crippen LogP contribution in [0.3, 0.4) is 0 Å². The van der Waals surface area contributed by atoms with E-state index in [2.05, 4.69) is 0 Å². The molecular formula is C11H16O3. The first-order valence-electron chi connectivity index (χ1n) is 5.60. The molecule has 4 fully saturated rings. The Labute approximate surface area is 83.8 Å². The molecule has 3 heteroatoms. The third kappa shape index (κ3) is 1.39. The molecule has 2 aliphatic carbocycles. The lowest BCUT2D eigenvalue weighted by atomic mass is 9.69. The highest BCUT2D eigenvalue weighted by atomic mass is 16.5. The molecule has 2 heterocycles. The van der Waals surface area contributed by atoms with E-state index < -0.39 is 0 Å². The van der Waals surface area contributed by atoms with Crippen molar-refractivity contribution in [2.75, 3.05) is 13.2 Å². The zero-order valence-electron chi connectivity index (χ0n) is 8.28. The molecule has 4 aliphatic rings. The van der Waals surface area contributed by atoms with Crippen molar-refractivity contribution in [3.05, 3.63) is 0 Å². The van der Waals surface area contributed by atoms with E-state index in [9.17, 15) is 4.79 Å². The minimum absolute atomic E-state index is 0.232. The first kappa shape index (κ1) is 8.86. The first-order chi connectivity index (χ1) is 6.83. The zero-order valence-corrected chi connectivity index (χ0v) is 8.28. The van der Waals surface area contributed by atoms with Crippen LogP contribution in [0, 0.1) is 11.8 Å². The van der Waals surface area contributed by atoms with Crippen LogP contribution in [0.2, 0.25) is 0 Å². The van der Waals surface area contributed by atoms with E-state index in [1.165, 1.54) is 0 Å². The van der Waals surface area contributed by atoms with E-state index in [0.717, 1.165) is 25.7 Å². The van der Waals surface area contributed by atoms with E-state index in [4.69, 9.17) is 9.47 Å². The van der Waals surface area contributed by atoms with Gasteiger partial charge in [-0.3, -0.25) is 4.79 Å². The van der Waals surface area contributed by atoms with Crippen LogP contribution in [0.5, 0.6) is 0 Å². The maximum atomic E-state index is 11.8. The molecule has 0 aromatic carbocycles. The molecule has 2 saturated heterocycles. The molecule has 14 heavy (non-hydrogen) atoms. The van der Waals surface area contributed by atoms with E-state index in [0.29, 0.717) is 31.2 Å². The zero-order chi connectivity index (χ0) is 9.54. The highest BCUT2D eigenvalue weighted by Crippen LogP contribution is 2.40. The van der Waals surface area contributed by atoms with Crippen molar-refractivity contribution < 1.29 is 14.3 Å². The predicted molar refractivity (Wildman–Crippen MR) is 49.9 cm³/mol. The van der Waals surface area contributed by atoms with Gasteiger partial charge < -0.3 is 9.47 Å². The van der Waals surface area contributed by atoms with E-state index in [1.54, 1.807) is 0 Å². The van der Waals surface area contributed by atoms with Crippen LogP contribution in [0.15, 0.2) is 0 Å². The Morgan fingerprint density at radius 3 is 1.71 bits per heavy atom. The molecule has 0 unspecified atom stereocenters. The SMILES string of the molecule is O=C1C2CC3CC1CC(C2)OCCO3. The van der Waals surface area contributed by atoms with Gasteiger partial charge in [-0.1, -0.05) is 0 Å². The summed E-state index contributed by atoms with van der Waals surface area (Å²) in [5.74, 6) is 0.942. The summed E-state index contributed by atoms with van der Waals surface area (Å²) in [5, 5.41) is 0. The fourth-order valence-electron chi connectivity index (χ4n) is 3.15. The van der Waals surface area contributed by atoms with Gasteiger partial charge in [0.25, 0.3) is 0 Å². The van der Waals surface area contributed by atoms with Gasteiger partial charge in [-0.05, 0) is 25.7 Å². The van der Waals surface area contributed by atoms with Gasteiger partial charge in [-0.25, -0.2) is 0 Å². The van der Waals surface area contributed by atoms with Crippen molar-refractivity contribution in [3.63, 3.8) is 0 Å². The van der Waals surface area contributed by atoms with E-state index in [-0.39, 0.29) is 11.8 Å². The van der Waals surface area contributed by atoms with Gasteiger partial charge in [0.2, 0.25) is 0 Å². The molecule has 0 atom stereocenters. The summed E-state index contributed by atoms with van der Waals surface area (Å²) in [6.07, 6.45) is 4.41. The quantitative estimate of drug-likeness (QED) is 0.583. The van der Waals surface area contributed by atoms with Gasteiger partial charge in [-0.15, -0.1) is 0 Å². The number of ketones is 1. The smallest absolute Gasteiger partial charge is 0.139 e. The molecule has 3 nitrogen and oxygen atoms in total. The monoisotopic (exact) mass is 196 g/mol. The van der Waals surface area contributed by atoms with Crippen molar-refractivity contribution in [3.8, 4) is 0 Å². The van der Waals surface area contributed by atoms with Gasteiger partial charge in [0, 0.05) is 11.8 Å². The Morgan fingerprint density at radius 2 is 1.29 bits per heavy atom. The maximum Gasteiger partial charge on any atom is 0.139 e. The summed E-state index contributed by atoms with van der Waals surface area (Å²) in [4.78, 5) is 11.8. The molecular weight excluding hydrogens is 180 g/mol. The second kappa shape index (κ2) is 3.31. The van der Waals surface area contributed by atoms with Crippen molar-refractivity contribution in [1.29, 1.82) is 0 Å². The molecule has 0 radical (unpaired) electrons. The lowest BCUT2D eigenvalue weighted by Gasteiger charge is -2.39. The molecule has 0 N–H and O–H groups in total. The number of rotatable bonds is 0. The lowest BCUT2D eigenvalue weighted by molar-refractivity contribution is -0.139. The average Bonchev–Trinajstić information content (AvgIpc) is 2.26. The molecule has 0 aromatic heterocycles. The lowest BCUT2D eigenvalue weighted by Crippen LogP contribution is -2.43. The Morgan fingerprint density at radius 1 is 0.857 bits per heavy atom. The van der Waals surface area contributed by atoms with Crippen molar-refractivity contribution in [1.82, 2.24) is 0 Å². The van der Waals surface area contributed by atoms with Gasteiger partial charge >= 0.3 is 0 Å². The molecule has 4 bridgehead atoms. The van der Waals surface area contributed by atoms with Gasteiger partial charge in [0.1, 0.15) is 5.78 Å². The number of fused-ring (bicyclic) bond motifs is 3. The standard InChI is InChI=1S/C11H16O3/c12-11-7-3-9-4-8(11)6-10(5-7)14-2-1-13-9/h7-10H,1-6H2. The van der Waals surface area contributed by atoms with Crippen molar-refractivity contribution >= 4 is 5.78 Å². The second-order valence-corrected chi connectivity index (χ2v) is 4.72. The number of Topliss-reactive ketones (excluding diaryl/α,β-unsaturated/α-hetero) is 1. The largest absolute Gasteiger partial charge is 0.376 e. The van der Waals surface area contributed by atoms with E-state index in [1.807, 2.05) is 0 Å². The maximum absolute atomic E-state index is 11.8. The summed E-state index contributed by atoms with van der Waals surface area (Å²) in [5.41, 5.74) is 0. The molecule has 0 spiro atoms. The molecule has 0 aromatic rings. The predicted octanol–water partition coefficient (Wildman–Crippen LogP) is 1.16. The van der Waals surface area contributed by atoms with Crippen LogP contribution in [0.1, 0.15) is 25.7 Å². The highest BCUT2D eigenvalue weighted by Gasteiger charge is 2.43. The summed E-state index contributed by atoms with van der Waals surface area (Å²) in [6, 6.07) is 0. The van der Waals surface area contributed by atoms with Crippen LogP contribution < -0.4 is 0 Å². The van der Waals surface area contributed by atoms with E-state index >= 15 is 0 Å². The van der Waals surface area contributed by atoms with Crippen LogP contribution in [0.4, 0.5) is 0 Å². The van der Waals surface area contributed by atoms with Crippen LogP contribution in [0.25, 0.3) is 0 Å². The second-order valence-electron chi connectivity index (χ2n) is 4.72. The Bertz CT molecular complexity index is 215. The van der Waals surface area contributed by atoms with Crippen LogP contribution >= 0.6 is 0 Å². The third-order valence-corrected chi connectivity index (χ3v) is 3.78. The fraction of sp³-hybridized carbons (Fsp3) is 0.909. The van der Waals surface area contributed by atoms with Crippen molar-refractivity contribution in [2.24, 2.45) is 11.8 Å². The first-order valence-corrected chi connectivity index (χ1v) is 5.60. The summed E-state index contributed by atoms with van der Waals surface area (Å²) in [6.45, 7) is 1.41. The van der Waals surface area contributed by atoms with Crippen molar-refractivity contribution in [2.45, 2.75) is 37.9 Å². The fourth-order valence-corrected chi connectivity index (χ4v) is 3.15. The number of ether oxygens (including phenoxy) is 2. The molecule has 78 valence electrons. The molecule has 0 amide bonds. The molecule has 4 rings (SSSR count). The summed E-state index contributed by atoms with van der Waals surface area (Å²) >= 11 is 0. The van der Waals surface area contributed by atoms with Gasteiger partial charge in [0.15, 0.2) is 0 Å². The Kier molecular flexibility index (Phi) is 2.10. The van der Waals surface area contributed by atoms with Gasteiger partial charge in [0.05, 0.1) is 25.4 Å². The topological polar surface area (TPSA) is 35.5 Å². The third-order valence-electron chi connectivity index (χ3n) is 3.78. The highest BCUT2D eigenvalue weighted by molar-refractivity contribution is 5.85. The molecule has 2 aliphatic heterocycles. The Hall–Kier alpha value is -0.410. The number of carbonyl (C=O) groups is 1. The minimum atomic E-state index is 0.232. The molecule has 2 saturated carbocycles. The summed E-state index contributed by atoms with van der Waals surface area (Å²) < 4.78 is 11.4. The minimum Gasteiger partial charge on any atom is -0.376 e. The number of carbonyl (C=O) groups excluding carboxylic acids is 1. The van der Waals surface area contributed by atoms with Crippen LogP contribution in [-0.2, 0) is 14.3 Å². The average molecular weight is 196 g/mol. The Balaban J connectivity index is 1.87. The van der Waals surface area contributed by atoms with Gasteiger partial charge in [-0.2, -0.15) is 0 Å².